The third-order valence-electron chi connectivity index (χ3n) is 5.34. The van der Waals surface area contributed by atoms with E-state index in [-0.39, 0.29) is 17.9 Å². The van der Waals surface area contributed by atoms with Gasteiger partial charge in [-0.2, -0.15) is 13.2 Å². The minimum absolute atomic E-state index is 0.104. The van der Waals surface area contributed by atoms with Crippen LogP contribution in [0.5, 0.6) is 0 Å². The van der Waals surface area contributed by atoms with Crippen molar-refractivity contribution >= 4 is 17.8 Å². The molecule has 1 saturated carbocycles. The molecular weight excluding hydrogens is 443 g/mol. The van der Waals surface area contributed by atoms with Crippen LogP contribution in [-0.2, 0) is 22.7 Å². The van der Waals surface area contributed by atoms with Crippen LogP contribution >= 0.6 is 0 Å². The third kappa shape index (κ3) is 6.53. The molecule has 178 valence electrons. The third-order valence-corrected chi connectivity index (χ3v) is 5.34. The van der Waals surface area contributed by atoms with Crippen LogP contribution in [-0.4, -0.2) is 55.0 Å². The molecule has 1 atom stereocenters. The summed E-state index contributed by atoms with van der Waals surface area (Å²) in [5.74, 6) is -1.42. The molecule has 0 saturated heterocycles. The molecule has 1 aliphatic carbocycles. The fraction of sp³-hybridized carbons (Fsp3) is 0.476. The molecule has 2 amide bonds. The SMILES string of the molecule is CC1c2nc(C(=O)NCc3ccccn3)cn2CCN1C(=O)CC1CC1.O=C(O)C(F)(F)F. The van der Waals surface area contributed by atoms with E-state index < -0.39 is 12.1 Å². The van der Waals surface area contributed by atoms with E-state index in [9.17, 15) is 22.8 Å². The molecule has 1 unspecified atom stereocenters. The summed E-state index contributed by atoms with van der Waals surface area (Å²) in [6.45, 7) is 3.70. The lowest BCUT2D eigenvalue weighted by atomic mass is 10.1. The summed E-state index contributed by atoms with van der Waals surface area (Å²) in [6.07, 6.45) is 1.38. The summed E-state index contributed by atoms with van der Waals surface area (Å²) in [6, 6.07) is 5.49. The molecule has 1 aliphatic heterocycles. The number of carbonyl (C=O) groups is 3. The normalized spacial score (nSPS) is 17.5. The van der Waals surface area contributed by atoms with Crippen LogP contribution in [0.3, 0.4) is 0 Å². The molecule has 4 rings (SSSR count). The maximum absolute atomic E-state index is 12.5. The Kier molecular flexibility index (Phi) is 7.34. The van der Waals surface area contributed by atoms with E-state index in [1.54, 1.807) is 12.4 Å². The lowest BCUT2D eigenvalue weighted by Gasteiger charge is -2.33. The van der Waals surface area contributed by atoms with Gasteiger partial charge >= 0.3 is 12.1 Å². The highest BCUT2D eigenvalue weighted by Gasteiger charge is 2.38. The van der Waals surface area contributed by atoms with Gasteiger partial charge in [0.1, 0.15) is 11.5 Å². The van der Waals surface area contributed by atoms with Crippen molar-refractivity contribution in [3.05, 3.63) is 47.8 Å². The highest BCUT2D eigenvalue weighted by molar-refractivity contribution is 5.92. The average Bonchev–Trinajstić information content (AvgIpc) is 3.46. The lowest BCUT2D eigenvalue weighted by Crippen LogP contribution is -2.41. The topological polar surface area (TPSA) is 117 Å². The Morgan fingerprint density at radius 2 is 1.91 bits per heavy atom. The summed E-state index contributed by atoms with van der Waals surface area (Å²) in [4.78, 5) is 44.4. The van der Waals surface area contributed by atoms with Gasteiger partial charge in [0.15, 0.2) is 0 Å². The molecule has 2 N–H and O–H groups in total. The Balaban J connectivity index is 0.000000383. The molecule has 12 heteroatoms. The zero-order valence-corrected chi connectivity index (χ0v) is 17.9. The number of aromatic nitrogens is 3. The van der Waals surface area contributed by atoms with Gasteiger partial charge in [-0.25, -0.2) is 9.78 Å². The summed E-state index contributed by atoms with van der Waals surface area (Å²) in [7, 11) is 0. The fourth-order valence-electron chi connectivity index (χ4n) is 3.39. The second-order valence-electron chi connectivity index (χ2n) is 7.90. The van der Waals surface area contributed by atoms with Crippen LogP contribution < -0.4 is 5.32 Å². The van der Waals surface area contributed by atoms with E-state index in [1.165, 1.54) is 12.8 Å². The van der Waals surface area contributed by atoms with Crippen molar-refractivity contribution < 1.29 is 32.7 Å². The molecule has 0 bridgehead atoms. The largest absolute Gasteiger partial charge is 0.490 e. The quantitative estimate of drug-likeness (QED) is 0.698. The lowest BCUT2D eigenvalue weighted by molar-refractivity contribution is -0.192. The van der Waals surface area contributed by atoms with Crippen LogP contribution in [0.25, 0.3) is 0 Å². The fourth-order valence-corrected chi connectivity index (χ4v) is 3.39. The van der Waals surface area contributed by atoms with Gasteiger partial charge in [-0.05, 0) is 37.8 Å². The number of nitrogens with one attached hydrogen (secondary N) is 1. The Hall–Kier alpha value is -3.44. The van der Waals surface area contributed by atoms with E-state index >= 15 is 0 Å². The Morgan fingerprint density at radius 1 is 1.21 bits per heavy atom. The zero-order valence-electron chi connectivity index (χ0n) is 17.9. The number of pyridine rings is 1. The van der Waals surface area contributed by atoms with Gasteiger partial charge < -0.3 is 19.9 Å². The number of aliphatic carboxylic acids is 1. The van der Waals surface area contributed by atoms with Gasteiger partial charge in [0.25, 0.3) is 5.91 Å². The van der Waals surface area contributed by atoms with Crippen molar-refractivity contribution in [3.8, 4) is 0 Å². The van der Waals surface area contributed by atoms with Crippen molar-refractivity contribution in [3.63, 3.8) is 0 Å². The van der Waals surface area contributed by atoms with Crippen molar-refractivity contribution in [1.82, 2.24) is 24.8 Å². The zero-order chi connectivity index (χ0) is 24.2. The summed E-state index contributed by atoms with van der Waals surface area (Å²) >= 11 is 0. The van der Waals surface area contributed by atoms with Crippen LogP contribution in [0.1, 0.15) is 54.2 Å². The Labute approximate surface area is 187 Å². The summed E-state index contributed by atoms with van der Waals surface area (Å²) in [5.41, 5.74) is 1.19. The second-order valence-corrected chi connectivity index (χ2v) is 7.90. The molecule has 9 nitrogen and oxygen atoms in total. The van der Waals surface area contributed by atoms with Crippen molar-refractivity contribution in [2.24, 2.45) is 5.92 Å². The smallest absolute Gasteiger partial charge is 0.475 e. The number of rotatable bonds is 5. The number of carbonyl (C=O) groups excluding carboxylic acids is 2. The first-order valence-electron chi connectivity index (χ1n) is 10.4. The minimum atomic E-state index is -5.08. The standard InChI is InChI=1S/C19H23N5O2.C2HF3O2/c1-13-18-22-16(19(26)21-11-15-4-2-3-7-20-15)12-23(18)8-9-24(13)17(25)10-14-5-6-14;3-2(4,5)1(6)7/h2-4,7,12-14H,5-6,8-11H2,1H3,(H,21,26);(H,6,7). The molecular formula is C21H24F3N5O4. The van der Waals surface area contributed by atoms with Crippen LogP contribution in [0.4, 0.5) is 13.2 Å². The number of carboxylic acids is 1. The number of amides is 2. The number of nitrogens with zero attached hydrogens (tertiary/aromatic N) is 4. The monoisotopic (exact) mass is 467 g/mol. The van der Waals surface area contributed by atoms with Crippen molar-refractivity contribution in [2.75, 3.05) is 6.54 Å². The van der Waals surface area contributed by atoms with Gasteiger partial charge in [-0.15, -0.1) is 0 Å². The van der Waals surface area contributed by atoms with E-state index in [4.69, 9.17) is 9.90 Å². The van der Waals surface area contributed by atoms with E-state index in [1.807, 2.05) is 34.6 Å². The predicted octanol–water partition coefficient (Wildman–Crippen LogP) is 2.54. The van der Waals surface area contributed by atoms with Gasteiger partial charge in [-0.3, -0.25) is 14.6 Å². The highest BCUT2D eigenvalue weighted by atomic mass is 19.4. The van der Waals surface area contributed by atoms with Gasteiger partial charge in [-0.1, -0.05) is 6.07 Å². The predicted molar refractivity (Wildman–Crippen MR) is 109 cm³/mol. The van der Waals surface area contributed by atoms with Crippen molar-refractivity contribution in [2.45, 2.75) is 51.5 Å². The van der Waals surface area contributed by atoms with Gasteiger partial charge in [0, 0.05) is 31.9 Å². The van der Waals surface area contributed by atoms with E-state index in [0.29, 0.717) is 37.7 Å². The van der Waals surface area contributed by atoms with Crippen LogP contribution in [0, 0.1) is 5.92 Å². The number of halogens is 3. The van der Waals surface area contributed by atoms with Gasteiger partial charge in [0.2, 0.25) is 5.91 Å². The van der Waals surface area contributed by atoms with Crippen LogP contribution in [0.15, 0.2) is 30.6 Å². The Bertz CT molecular complexity index is 1010. The first-order chi connectivity index (χ1) is 15.6. The molecule has 1 fully saturated rings. The molecule has 33 heavy (non-hydrogen) atoms. The summed E-state index contributed by atoms with van der Waals surface area (Å²) < 4.78 is 33.7. The molecule has 0 aromatic carbocycles. The number of carboxylic acid groups (broad SMARTS) is 1. The first-order valence-corrected chi connectivity index (χ1v) is 10.4. The number of alkyl halides is 3. The molecule has 2 aromatic heterocycles. The first kappa shape index (κ1) is 24.2. The number of hydrogen-bond donors (Lipinski definition) is 2. The maximum atomic E-state index is 12.5. The van der Waals surface area contributed by atoms with Crippen LogP contribution in [0.2, 0.25) is 0 Å². The van der Waals surface area contributed by atoms with E-state index in [2.05, 4.69) is 15.3 Å². The van der Waals surface area contributed by atoms with Gasteiger partial charge in [0.05, 0.1) is 18.3 Å². The Morgan fingerprint density at radius 3 is 2.48 bits per heavy atom. The molecule has 2 aromatic rings. The number of fused-ring (bicyclic) bond motifs is 1. The average molecular weight is 467 g/mol. The van der Waals surface area contributed by atoms with E-state index in [0.717, 1.165) is 11.5 Å². The number of hydrogen-bond acceptors (Lipinski definition) is 5. The molecule has 3 heterocycles. The summed E-state index contributed by atoms with van der Waals surface area (Å²) in [5, 5.41) is 9.97. The minimum Gasteiger partial charge on any atom is -0.475 e. The molecule has 2 aliphatic rings. The van der Waals surface area contributed by atoms with Crippen molar-refractivity contribution in [1.29, 1.82) is 0 Å². The number of imidazole rings is 1. The highest BCUT2D eigenvalue weighted by Crippen LogP contribution is 2.34. The second kappa shape index (κ2) is 10.0. The maximum Gasteiger partial charge on any atom is 0.490 e. The molecule has 0 radical (unpaired) electrons. The molecule has 0 spiro atoms.